The SMILES string of the molecule is CNC(c1ccc(SC)cc1)C(C)(C)O. The van der Waals surface area contributed by atoms with Crippen LogP contribution in [0.2, 0.25) is 0 Å². The Hall–Kier alpha value is -0.510. The van der Waals surface area contributed by atoms with Crippen LogP contribution in [-0.2, 0) is 0 Å². The number of hydrogen-bond donors (Lipinski definition) is 2. The van der Waals surface area contributed by atoms with E-state index in [0.29, 0.717) is 0 Å². The first-order valence-corrected chi connectivity index (χ1v) is 6.25. The van der Waals surface area contributed by atoms with Crippen LogP contribution in [0.5, 0.6) is 0 Å². The molecule has 0 aliphatic rings. The minimum atomic E-state index is -0.754. The molecule has 0 spiro atoms. The monoisotopic (exact) mass is 225 g/mol. The summed E-state index contributed by atoms with van der Waals surface area (Å²) in [4.78, 5) is 1.24. The van der Waals surface area contributed by atoms with Gasteiger partial charge in [-0.25, -0.2) is 0 Å². The smallest absolute Gasteiger partial charge is 0.0785 e. The van der Waals surface area contributed by atoms with Crippen LogP contribution in [-0.4, -0.2) is 24.0 Å². The van der Waals surface area contributed by atoms with E-state index in [0.717, 1.165) is 5.56 Å². The molecule has 1 atom stereocenters. The molecule has 0 saturated heterocycles. The van der Waals surface area contributed by atoms with Crippen molar-refractivity contribution in [3.63, 3.8) is 0 Å². The molecule has 3 heteroatoms. The third-order valence-corrected chi connectivity index (χ3v) is 3.19. The molecule has 1 unspecified atom stereocenters. The van der Waals surface area contributed by atoms with Crippen molar-refractivity contribution < 1.29 is 5.11 Å². The van der Waals surface area contributed by atoms with Gasteiger partial charge in [-0.05, 0) is 44.8 Å². The highest BCUT2D eigenvalue weighted by Crippen LogP contribution is 2.26. The van der Waals surface area contributed by atoms with E-state index in [4.69, 9.17) is 0 Å². The molecule has 0 bridgehead atoms. The highest BCUT2D eigenvalue weighted by Gasteiger charge is 2.26. The third kappa shape index (κ3) is 3.23. The fourth-order valence-corrected chi connectivity index (χ4v) is 2.13. The van der Waals surface area contributed by atoms with Crippen molar-refractivity contribution in [3.8, 4) is 0 Å². The van der Waals surface area contributed by atoms with Crippen LogP contribution in [0.1, 0.15) is 25.5 Å². The zero-order valence-corrected chi connectivity index (χ0v) is 10.6. The highest BCUT2D eigenvalue weighted by atomic mass is 32.2. The number of thioether (sulfide) groups is 1. The molecule has 0 aromatic heterocycles. The van der Waals surface area contributed by atoms with Crippen LogP contribution in [0.25, 0.3) is 0 Å². The van der Waals surface area contributed by atoms with Crippen LogP contribution >= 0.6 is 11.8 Å². The van der Waals surface area contributed by atoms with Gasteiger partial charge in [0, 0.05) is 4.90 Å². The van der Waals surface area contributed by atoms with Gasteiger partial charge in [0.1, 0.15) is 0 Å². The topological polar surface area (TPSA) is 32.3 Å². The maximum Gasteiger partial charge on any atom is 0.0785 e. The largest absolute Gasteiger partial charge is 0.388 e. The molecular weight excluding hydrogens is 206 g/mol. The standard InChI is InChI=1S/C12H19NOS/c1-12(2,14)11(13-3)9-5-7-10(15-4)8-6-9/h5-8,11,13-14H,1-4H3. The second-order valence-electron chi connectivity index (χ2n) is 4.15. The van der Waals surface area contributed by atoms with E-state index in [1.54, 1.807) is 11.8 Å². The Morgan fingerprint density at radius 2 is 1.80 bits per heavy atom. The van der Waals surface area contributed by atoms with Gasteiger partial charge in [0.2, 0.25) is 0 Å². The van der Waals surface area contributed by atoms with Gasteiger partial charge in [-0.1, -0.05) is 12.1 Å². The predicted octanol–water partition coefficient (Wildman–Crippen LogP) is 2.44. The van der Waals surface area contributed by atoms with E-state index in [1.165, 1.54) is 4.90 Å². The summed E-state index contributed by atoms with van der Waals surface area (Å²) in [6.45, 7) is 3.63. The Morgan fingerprint density at radius 3 is 2.13 bits per heavy atom. The quantitative estimate of drug-likeness (QED) is 0.772. The lowest BCUT2D eigenvalue weighted by Gasteiger charge is -2.29. The summed E-state index contributed by atoms with van der Waals surface area (Å²) in [7, 11) is 1.87. The lowest BCUT2D eigenvalue weighted by molar-refractivity contribution is 0.0400. The van der Waals surface area contributed by atoms with Gasteiger partial charge in [0.05, 0.1) is 11.6 Å². The van der Waals surface area contributed by atoms with Crippen LogP contribution in [0, 0.1) is 0 Å². The maximum absolute atomic E-state index is 9.99. The Kier molecular flexibility index (Phi) is 4.20. The second-order valence-corrected chi connectivity index (χ2v) is 5.03. The van der Waals surface area contributed by atoms with Crippen molar-refractivity contribution >= 4 is 11.8 Å². The lowest BCUT2D eigenvalue weighted by atomic mass is 9.92. The van der Waals surface area contributed by atoms with Gasteiger partial charge in [-0.15, -0.1) is 11.8 Å². The molecule has 0 radical (unpaired) electrons. The van der Waals surface area contributed by atoms with Gasteiger partial charge < -0.3 is 10.4 Å². The first-order valence-electron chi connectivity index (χ1n) is 5.02. The van der Waals surface area contributed by atoms with E-state index >= 15 is 0 Å². The van der Waals surface area contributed by atoms with Crippen LogP contribution in [0.4, 0.5) is 0 Å². The van der Waals surface area contributed by atoms with Gasteiger partial charge in [-0.3, -0.25) is 0 Å². The maximum atomic E-state index is 9.99. The normalized spacial score (nSPS) is 13.9. The Labute approximate surface area is 96.1 Å². The van der Waals surface area contributed by atoms with E-state index in [1.807, 2.05) is 20.9 Å². The predicted molar refractivity (Wildman–Crippen MR) is 66.3 cm³/mol. The molecule has 2 nitrogen and oxygen atoms in total. The van der Waals surface area contributed by atoms with Crippen LogP contribution in [0.3, 0.4) is 0 Å². The van der Waals surface area contributed by atoms with Crippen molar-refractivity contribution in [2.24, 2.45) is 0 Å². The number of hydrogen-bond acceptors (Lipinski definition) is 3. The average molecular weight is 225 g/mol. The molecule has 0 heterocycles. The minimum absolute atomic E-state index is 0.0339. The Morgan fingerprint density at radius 1 is 1.27 bits per heavy atom. The van der Waals surface area contributed by atoms with Crippen molar-refractivity contribution in [3.05, 3.63) is 29.8 Å². The van der Waals surface area contributed by atoms with Crippen molar-refractivity contribution in [2.45, 2.75) is 30.4 Å². The molecule has 0 amide bonds. The number of nitrogens with one attached hydrogen (secondary N) is 1. The highest BCUT2D eigenvalue weighted by molar-refractivity contribution is 7.98. The summed E-state index contributed by atoms with van der Waals surface area (Å²) in [5.41, 5.74) is 0.359. The summed E-state index contributed by atoms with van der Waals surface area (Å²) >= 11 is 1.72. The first kappa shape index (κ1) is 12.6. The van der Waals surface area contributed by atoms with Gasteiger partial charge in [0.25, 0.3) is 0 Å². The average Bonchev–Trinajstić information content (AvgIpc) is 2.18. The molecule has 0 fully saturated rings. The molecule has 1 aromatic rings. The lowest BCUT2D eigenvalue weighted by Crippen LogP contribution is -2.37. The molecule has 15 heavy (non-hydrogen) atoms. The summed E-state index contributed by atoms with van der Waals surface area (Å²) in [5, 5.41) is 13.1. The fraction of sp³-hybridized carbons (Fsp3) is 0.500. The third-order valence-electron chi connectivity index (χ3n) is 2.44. The number of likely N-dealkylation sites (N-methyl/N-ethyl adjacent to an activating group) is 1. The molecule has 84 valence electrons. The molecule has 1 aromatic carbocycles. The summed E-state index contributed by atoms with van der Waals surface area (Å²) < 4.78 is 0. The number of rotatable bonds is 4. The van der Waals surface area contributed by atoms with Gasteiger partial charge >= 0.3 is 0 Å². The first-order chi connectivity index (χ1) is 6.99. The molecule has 0 aliphatic heterocycles. The summed E-state index contributed by atoms with van der Waals surface area (Å²) in [6, 6.07) is 8.25. The van der Waals surface area contributed by atoms with Crippen LogP contribution < -0.4 is 5.32 Å². The fourth-order valence-electron chi connectivity index (χ4n) is 1.72. The van der Waals surface area contributed by atoms with Crippen molar-refractivity contribution in [2.75, 3.05) is 13.3 Å². The Balaban J connectivity index is 2.93. The molecule has 1 rings (SSSR count). The van der Waals surface area contributed by atoms with Gasteiger partial charge in [-0.2, -0.15) is 0 Å². The molecule has 2 N–H and O–H groups in total. The van der Waals surface area contributed by atoms with Crippen molar-refractivity contribution in [1.82, 2.24) is 5.32 Å². The molecule has 0 saturated carbocycles. The van der Waals surface area contributed by atoms with Crippen molar-refractivity contribution in [1.29, 1.82) is 0 Å². The van der Waals surface area contributed by atoms with Gasteiger partial charge in [0.15, 0.2) is 0 Å². The number of aliphatic hydroxyl groups is 1. The van der Waals surface area contributed by atoms with E-state index < -0.39 is 5.60 Å². The molecule has 0 aliphatic carbocycles. The van der Waals surface area contributed by atoms with Crippen LogP contribution in [0.15, 0.2) is 29.2 Å². The van der Waals surface area contributed by atoms with E-state index in [2.05, 4.69) is 35.8 Å². The summed E-state index contributed by atoms with van der Waals surface area (Å²) in [5.74, 6) is 0. The number of benzene rings is 1. The summed E-state index contributed by atoms with van der Waals surface area (Å²) in [6.07, 6.45) is 2.06. The van der Waals surface area contributed by atoms with E-state index in [-0.39, 0.29) is 6.04 Å². The zero-order chi connectivity index (χ0) is 11.5. The Bertz CT molecular complexity index is 302. The minimum Gasteiger partial charge on any atom is -0.388 e. The second kappa shape index (κ2) is 5.01. The zero-order valence-electron chi connectivity index (χ0n) is 9.74. The van der Waals surface area contributed by atoms with E-state index in [9.17, 15) is 5.11 Å². The molecular formula is C12H19NOS.